The third kappa shape index (κ3) is 3.32. The van der Waals surface area contributed by atoms with Crippen LogP contribution in [0.25, 0.3) is 0 Å². The molecule has 1 rings (SSSR count). The normalized spacial score (nSPS) is 14.9. The van der Waals surface area contributed by atoms with E-state index < -0.39 is 0 Å². The van der Waals surface area contributed by atoms with E-state index in [0.29, 0.717) is 5.92 Å². The Morgan fingerprint density at radius 3 is 2.44 bits per heavy atom. The van der Waals surface area contributed by atoms with E-state index in [1.165, 1.54) is 0 Å². The summed E-state index contributed by atoms with van der Waals surface area (Å²) in [5.41, 5.74) is 7.03. The fraction of sp³-hybridized carbons (Fsp3) is 0.692. The van der Waals surface area contributed by atoms with Crippen LogP contribution in [0.2, 0.25) is 0 Å². The van der Waals surface area contributed by atoms with Gasteiger partial charge in [-0.2, -0.15) is 0 Å². The highest BCUT2D eigenvalue weighted by atomic mass is 16.2. The molecule has 0 spiro atoms. The first-order chi connectivity index (χ1) is 8.34. The standard InChI is InChI=1S/C13H24N4O/c1-8(2)12(14)11-6-15-7-17(11)10(5)13(18)16-9(3)4/h6-10,12H,14H2,1-5H3,(H,16,18). The Bertz CT molecular complexity index is 397. The number of imidazole rings is 1. The molecule has 0 radical (unpaired) electrons. The topological polar surface area (TPSA) is 72.9 Å². The van der Waals surface area contributed by atoms with Crippen LogP contribution in [0.5, 0.6) is 0 Å². The maximum Gasteiger partial charge on any atom is 0.243 e. The average Bonchev–Trinajstić information content (AvgIpc) is 2.74. The van der Waals surface area contributed by atoms with Crippen LogP contribution in [-0.2, 0) is 4.79 Å². The van der Waals surface area contributed by atoms with Gasteiger partial charge in [-0.15, -0.1) is 0 Å². The lowest BCUT2D eigenvalue weighted by molar-refractivity contribution is -0.124. The van der Waals surface area contributed by atoms with Gasteiger partial charge in [0.1, 0.15) is 6.04 Å². The Labute approximate surface area is 109 Å². The summed E-state index contributed by atoms with van der Waals surface area (Å²) < 4.78 is 1.85. The second-order valence-corrected chi connectivity index (χ2v) is 5.33. The van der Waals surface area contributed by atoms with Gasteiger partial charge in [-0.3, -0.25) is 4.79 Å². The van der Waals surface area contributed by atoms with Crippen LogP contribution < -0.4 is 11.1 Å². The van der Waals surface area contributed by atoms with Crippen molar-refractivity contribution in [3.8, 4) is 0 Å². The summed E-state index contributed by atoms with van der Waals surface area (Å²) in [4.78, 5) is 16.1. The molecule has 0 bridgehead atoms. The van der Waals surface area contributed by atoms with Crippen LogP contribution >= 0.6 is 0 Å². The summed E-state index contributed by atoms with van der Waals surface area (Å²) in [6.07, 6.45) is 3.41. The smallest absolute Gasteiger partial charge is 0.243 e. The maximum atomic E-state index is 12.0. The van der Waals surface area contributed by atoms with Crippen LogP contribution in [0.3, 0.4) is 0 Å². The second kappa shape index (κ2) is 6.00. The zero-order valence-corrected chi connectivity index (χ0v) is 11.8. The van der Waals surface area contributed by atoms with Crippen LogP contribution in [-0.4, -0.2) is 21.5 Å². The first kappa shape index (κ1) is 14.7. The molecule has 0 aliphatic heterocycles. The number of nitrogens with zero attached hydrogens (tertiary/aromatic N) is 2. The molecule has 5 nitrogen and oxygen atoms in total. The number of carbonyl (C=O) groups excluding carboxylic acids is 1. The van der Waals surface area contributed by atoms with Crippen molar-refractivity contribution in [1.82, 2.24) is 14.9 Å². The van der Waals surface area contributed by atoms with Crippen LogP contribution in [0.4, 0.5) is 0 Å². The molecule has 2 atom stereocenters. The minimum Gasteiger partial charge on any atom is -0.352 e. The zero-order valence-electron chi connectivity index (χ0n) is 11.8. The van der Waals surface area contributed by atoms with Gasteiger partial charge < -0.3 is 15.6 Å². The van der Waals surface area contributed by atoms with Crippen LogP contribution in [0.1, 0.15) is 52.4 Å². The Morgan fingerprint density at radius 1 is 1.33 bits per heavy atom. The van der Waals surface area contributed by atoms with Crippen molar-refractivity contribution in [1.29, 1.82) is 0 Å². The van der Waals surface area contributed by atoms with Gasteiger partial charge in [-0.1, -0.05) is 13.8 Å². The molecular formula is C13H24N4O. The Morgan fingerprint density at radius 2 is 1.94 bits per heavy atom. The molecular weight excluding hydrogens is 228 g/mol. The summed E-state index contributed by atoms with van der Waals surface area (Å²) in [6, 6.07) is -0.276. The highest BCUT2D eigenvalue weighted by molar-refractivity contribution is 5.80. The second-order valence-electron chi connectivity index (χ2n) is 5.33. The molecule has 0 saturated carbocycles. The van der Waals surface area contributed by atoms with E-state index in [0.717, 1.165) is 5.69 Å². The van der Waals surface area contributed by atoms with E-state index in [2.05, 4.69) is 24.1 Å². The number of hydrogen-bond acceptors (Lipinski definition) is 3. The Hall–Kier alpha value is -1.36. The fourth-order valence-electron chi connectivity index (χ4n) is 1.77. The largest absolute Gasteiger partial charge is 0.352 e. The SMILES string of the molecule is CC(C)NC(=O)C(C)n1cncc1C(N)C(C)C. The van der Waals surface area contributed by atoms with Gasteiger partial charge in [0, 0.05) is 18.3 Å². The van der Waals surface area contributed by atoms with Gasteiger partial charge in [-0.25, -0.2) is 4.98 Å². The number of carbonyl (C=O) groups is 1. The molecule has 2 unspecified atom stereocenters. The highest BCUT2D eigenvalue weighted by Gasteiger charge is 2.22. The highest BCUT2D eigenvalue weighted by Crippen LogP contribution is 2.21. The molecule has 0 aliphatic carbocycles. The molecule has 0 aliphatic rings. The number of hydrogen-bond donors (Lipinski definition) is 2. The van der Waals surface area contributed by atoms with Gasteiger partial charge in [0.25, 0.3) is 0 Å². The average molecular weight is 252 g/mol. The predicted octanol–water partition coefficient (Wildman–Crippen LogP) is 1.62. The molecule has 0 aromatic carbocycles. The molecule has 5 heteroatoms. The number of rotatable bonds is 5. The molecule has 1 aromatic rings. The van der Waals surface area contributed by atoms with Crippen LogP contribution in [0, 0.1) is 5.92 Å². The van der Waals surface area contributed by atoms with Gasteiger partial charge in [-0.05, 0) is 26.7 Å². The Balaban J connectivity index is 2.90. The first-order valence-corrected chi connectivity index (χ1v) is 6.42. The van der Waals surface area contributed by atoms with E-state index in [4.69, 9.17) is 5.73 Å². The van der Waals surface area contributed by atoms with E-state index in [-0.39, 0.29) is 24.0 Å². The predicted molar refractivity (Wildman–Crippen MR) is 72.0 cm³/mol. The van der Waals surface area contributed by atoms with Crippen LogP contribution in [0.15, 0.2) is 12.5 Å². The number of aromatic nitrogens is 2. The van der Waals surface area contributed by atoms with E-state index in [1.54, 1.807) is 12.5 Å². The van der Waals surface area contributed by atoms with Gasteiger partial charge in [0.05, 0.1) is 12.0 Å². The van der Waals surface area contributed by atoms with Gasteiger partial charge in [0.2, 0.25) is 5.91 Å². The van der Waals surface area contributed by atoms with Crippen molar-refractivity contribution in [3.63, 3.8) is 0 Å². The van der Waals surface area contributed by atoms with Crippen molar-refractivity contribution in [2.45, 2.75) is 52.7 Å². The lowest BCUT2D eigenvalue weighted by atomic mass is 10.0. The lowest BCUT2D eigenvalue weighted by Gasteiger charge is -2.22. The molecule has 102 valence electrons. The van der Waals surface area contributed by atoms with E-state index >= 15 is 0 Å². The van der Waals surface area contributed by atoms with Crippen molar-refractivity contribution >= 4 is 5.91 Å². The molecule has 1 aromatic heterocycles. The van der Waals surface area contributed by atoms with Gasteiger partial charge >= 0.3 is 0 Å². The third-order valence-corrected chi connectivity index (χ3v) is 2.98. The minimum absolute atomic E-state index is 0.0137. The molecule has 0 saturated heterocycles. The van der Waals surface area contributed by atoms with E-state index in [9.17, 15) is 4.79 Å². The Kier molecular flexibility index (Phi) is 4.90. The zero-order chi connectivity index (χ0) is 13.9. The third-order valence-electron chi connectivity index (χ3n) is 2.98. The van der Waals surface area contributed by atoms with Gasteiger partial charge in [0.15, 0.2) is 0 Å². The molecule has 0 fully saturated rings. The maximum absolute atomic E-state index is 12.0. The summed E-state index contributed by atoms with van der Waals surface area (Å²) in [6.45, 7) is 9.86. The van der Waals surface area contributed by atoms with Crippen molar-refractivity contribution in [3.05, 3.63) is 18.2 Å². The fourth-order valence-corrected chi connectivity index (χ4v) is 1.77. The first-order valence-electron chi connectivity index (χ1n) is 6.42. The summed E-state index contributed by atoms with van der Waals surface area (Å²) in [5.74, 6) is 0.293. The van der Waals surface area contributed by atoms with Crippen molar-refractivity contribution in [2.24, 2.45) is 11.7 Å². The van der Waals surface area contributed by atoms with Crippen molar-refractivity contribution < 1.29 is 4.79 Å². The lowest BCUT2D eigenvalue weighted by Crippen LogP contribution is -2.36. The molecule has 3 N–H and O–H groups in total. The minimum atomic E-state index is -0.297. The monoisotopic (exact) mass is 252 g/mol. The van der Waals surface area contributed by atoms with Crippen molar-refractivity contribution in [2.75, 3.05) is 0 Å². The quantitative estimate of drug-likeness (QED) is 0.836. The van der Waals surface area contributed by atoms with E-state index in [1.807, 2.05) is 25.3 Å². The molecule has 1 amide bonds. The number of nitrogens with two attached hydrogens (primary N) is 1. The number of amides is 1. The molecule has 1 heterocycles. The molecule has 18 heavy (non-hydrogen) atoms. The summed E-state index contributed by atoms with van der Waals surface area (Å²) in [5, 5.41) is 2.90. The number of nitrogens with one attached hydrogen (secondary N) is 1. The summed E-state index contributed by atoms with van der Waals surface area (Å²) >= 11 is 0. The summed E-state index contributed by atoms with van der Waals surface area (Å²) in [7, 11) is 0.